The van der Waals surface area contributed by atoms with Gasteiger partial charge in [0.25, 0.3) is 0 Å². The number of hydrogen-bond donors (Lipinski definition) is 0. The number of halogens is 1. The van der Waals surface area contributed by atoms with Gasteiger partial charge in [-0.05, 0) is 67.5 Å². The van der Waals surface area contributed by atoms with Gasteiger partial charge < -0.3 is 8.85 Å². The molecule has 176 valence electrons. The van der Waals surface area contributed by atoms with Crippen molar-refractivity contribution in [3.63, 3.8) is 0 Å². The second-order valence-corrected chi connectivity index (χ2v) is 20.5. The van der Waals surface area contributed by atoms with Crippen LogP contribution in [0.4, 0.5) is 0 Å². The van der Waals surface area contributed by atoms with Crippen LogP contribution in [0.25, 0.3) is 0 Å². The first-order chi connectivity index (χ1) is 13.7. The minimum Gasteiger partial charge on any atom is -0.413 e. The van der Waals surface area contributed by atoms with E-state index in [1.807, 2.05) is 6.92 Å². The van der Waals surface area contributed by atoms with Crippen molar-refractivity contribution in [2.45, 2.75) is 124 Å². The Morgan fingerprint density at radius 2 is 1.50 bits per heavy atom. The standard InChI is InChI=1S/C25H49IO2Si2/c1-13-17-20(5)23(28-30(14-2,15-3)16-4)18-24(22(7)21(6)19-26)27-29(11,12)25(8,9)10/h19-20,22-24H,14-16,18H2,1-12H3/b21-19+/t20-,22+,23+,24-/m0/s1. The molecule has 0 bridgehead atoms. The highest BCUT2D eigenvalue weighted by Gasteiger charge is 2.42. The number of hydrogen-bond acceptors (Lipinski definition) is 2. The van der Waals surface area contributed by atoms with Crippen molar-refractivity contribution in [3.8, 4) is 11.8 Å². The largest absolute Gasteiger partial charge is 0.413 e. The minimum atomic E-state index is -1.90. The van der Waals surface area contributed by atoms with Gasteiger partial charge in [0.1, 0.15) is 0 Å². The molecule has 0 unspecified atom stereocenters. The van der Waals surface area contributed by atoms with E-state index in [-0.39, 0.29) is 23.2 Å². The van der Waals surface area contributed by atoms with Crippen LogP contribution >= 0.6 is 22.6 Å². The molecular weight excluding hydrogens is 515 g/mol. The molecule has 0 aliphatic carbocycles. The zero-order valence-electron chi connectivity index (χ0n) is 21.9. The van der Waals surface area contributed by atoms with E-state index in [1.165, 1.54) is 23.7 Å². The van der Waals surface area contributed by atoms with Crippen molar-refractivity contribution >= 4 is 39.2 Å². The van der Waals surface area contributed by atoms with Gasteiger partial charge in [0, 0.05) is 11.8 Å². The summed E-state index contributed by atoms with van der Waals surface area (Å²) in [5.41, 5.74) is 1.39. The lowest BCUT2D eigenvalue weighted by Crippen LogP contribution is -2.48. The smallest absolute Gasteiger partial charge is 0.192 e. The van der Waals surface area contributed by atoms with Gasteiger partial charge in [-0.2, -0.15) is 0 Å². The predicted octanol–water partition coefficient (Wildman–Crippen LogP) is 8.79. The normalized spacial score (nSPS) is 17.7. The van der Waals surface area contributed by atoms with E-state index in [0.29, 0.717) is 5.92 Å². The zero-order chi connectivity index (χ0) is 23.8. The lowest BCUT2D eigenvalue weighted by Gasteiger charge is -2.43. The Labute approximate surface area is 204 Å². The molecule has 2 nitrogen and oxygen atoms in total. The van der Waals surface area contributed by atoms with Crippen LogP contribution in [0.3, 0.4) is 0 Å². The van der Waals surface area contributed by atoms with Crippen LogP contribution in [0.5, 0.6) is 0 Å². The fourth-order valence-electron chi connectivity index (χ4n) is 3.53. The average Bonchev–Trinajstić information content (AvgIpc) is 2.68. The van der Waals surface area contributed by atoms with E-state index >= 15 is 0 Å². The van der Waals surface area contributed by atoms with Crippen LogP contribution in [0.15, 0.2) is 9.66 Å². The number of rotatable bonds is 12. The van der Waals surface area contributed by atoms with Crippen LogP contribution in [0, 0.1) is 23.7 Å². The molecule has 0 saturated heterocycles. The Balaban J connectivity index is 6.09. The van der Waals surface area contributed by atoms with E-state index in [4.69, 9.17) is 8.85 Å². The summed E-state index contributed by atoms with van der Waals surface area (Å²) in [6.07, 6.45) is 1.20. The molecule has 30 heavy (non-hydrogen) atoms. The fourth-order valence-corrected chi connectivity index (χ4v) is 8.45. The average molecular weight is 565 g/mol. The van der Waals surface area contributed by atoms with Gasteiger partial charge in [0.2, 0.25) is 0 Å². The highest BCUT2D eigenvalue weighted by molar-refractivity contribution is 14.1. The Hall–Kier alpha value is 0.384. The van der Waals surface area contributed by atoms with Crippen LogP contribution in [0.1, 0.15) is 75.7 Å². The molecule has 0 N–H and O–H groups in total. The van der Waals surface area contributed by atoms with Crippen LogP contribution in [0.2, 0.25) is 36.3 Å². The summed E-state index contributed by atoms with van der Waals surface area (Å²) in [4.78, 5) is 0. The summed E-state index contributed by atoms with van der Waals surface area (Å²) in [6, 6.07) is 3.50. The van der Waals surface area contributed by atoms with Gasteiger partial charge in [0.05, 0.1) is 12.2 Å². The van der Waals surface area contributed by atoms with Gasteiger partial charge in [-0.3, -0.25) is 0 Å². The summed E-state index contributed by atoms with van der Waals surface area (Å²) in [5, 5.41) is 0.187. The molecule has 0 heterocycles. The molecule has 0 amide bonds. The summed E-state index contributed by atoms with van der Waals surface area (Å²) in [7, 11) is -3.64. The van der Waals surface area contributed by atoms with Crippen molar-refractivity contribution in [2.75, 3.05) is 0 Å². The molecule has 0 saturated carbocycles. The molecule has 0 radical (unpaired) electrons. The summed E-state index contributed by atoms with van der Waals surface area (Å²) >= 11 is 2.36. The molecule has 0 fully saturated rings. The molecule has 4 atom stereocenters. The molecular formula is C25H49IO2Si2. The highest BCUT2D eigenvalue weighted by atomic mass is 127. The quantitative estimate of drug-likeness (QED) is 0.134. The second kappa shape index (κ2) is 13.2. The van der Waals surface area contributed by atoms with E-state index < -0.39 is 16.6 Å². The van der Waals surface area contributed by atoms with Crippen LogP contribution in [-0.2, 0) is 8.85 Å². The van der Waals surface area contributed by atoms with Crippen molar-refractivity contribution in [2.24, 2.45) is 11.8 Å². The molecule has 0 aromatic heterocycles. The lowest BCUT2D eigenvalue weighted by atomic mass is 9.90. The third kappa shape index (κ3) is 8.73. The van der Waals surface area contributed by atoms with Gasteiger partial charge >= 0.3 is 0 Å². The van der Waals surface area contributed by atoms with Crippen molar-refractivity contribution < 1.29 is 8.85 Å². The van der Waals surface area contributed by atoms with E-state index in [9.17, 15) is 0 Å². The Kier molecular flexibility index (Phi) is 13.3. The monoisotopic (exact) mass is 564 g/mol. The first kappa shape index (κ1) is 30.4. The highest BCUT2D eigenvalue weighted by Crippen LogP contribution is 2.40. The first-order valence-corrected chi connectivity index (χ1v) is 18.5. The molecule has 0 aromatic carbocycles. The maximum atomic E-state index is 7.04. The lowest BCUT2D eigenvalue weighted by molar-refractivity contribution is 0.0570. The van der Waals surface area contributed by atoms with E-state index in [0.717, 1.165) is 6.42 Å². The predicted molar refractivity (Wildman–Crippen MR) is 148 cm³/mol. The molecule has 0 aliphatic rings. The zero-order valence-corrected chi connectivity index (χ0v) is 26.1. The molecule has 0 aliphatic heterocycles. The van der Waals surface area contributed by atoms with Gasteiger partial charge in [-0.15, -0.1) is 5.92 Å². The fraction of sp³-hybridized carbons (Fsp3) is 0.840. The topological polar surface area (TPSA) is 18.5 Å². The van der Waals surface area contributed by atoms with Crippen LogP contribution in [-0.4, -0.2) is 28.8 Å². The second-order valence-electron chi connectivity index (χ2n) is 10.4. The Morgan fingerprint density at radius 1 is 1.00 bits per heavy atom. The first-order valence-electron chi connectivity index (χ1n) is 11.8. The molecule has 0 rings (SSSR count). The van der Waals surface area contributed by atoms with E-state index in [2.05, 4.69) is 114 Å². The van der Waals surface area contributed by atoms with Gasteiger partial charge in [-0.25, -0.2) is 0 Å². The summed E-state index contributed by atoms with van der Waals surface area (Å²) < 4.78 is 16.3. The van der Waals surface area contributed by atoms with Crippen molar-refractivity contribution in [1.82, 2.24) is 0 Å². The minimum absolute atomic E-state index is 0.128. The van der Waals surface area contributed by atoms with Crippen LogP contribution < -0.4 is 0 Å². The maximum Gasteiger partial charge on any atom is 0.192 e. The Morgan fingerprint density at radius 3 is 1.87 bits per heavy atom. The SMILES string of the molecule is CC#C[C@H](C)[C@@H](C[C@H](O[Si](C)(C)C(C)(C)C)[C@H](C)/C(C)=C/I)O[Si](CC)(CC)CC. The third-order valence-electron chi connectivity index (χ3n) is 7.43. The maximum absolute atomic E-state index is 7.04. The third-order valence-corrected chi connectivity index (χ3v) is 17.6. The van der Waals surface area contributed by atoms with Crippen molar-refractivity contribution in [3.05, 3.63) is 9.66 Å². The summed E-state index contributed by atoms with van der Waals surface area (Å²) in [6.45, 7) is 27.3. The molecule has 0 spiro atoms. The summed E-state index contributed by atoms with van der Waals surface area (Å²) in [5.74, 6) is 7.13. The molecule has 0 aromatic rings. The van der Waals surface area contributed by atoms with Gasteiger partial charge in [-0.1, -0.05) is 82.6 Å². The Bertz CT molecular complexity index is 586. The van der Waals surface area contributed by atoms with E-state index in [1.54, 1.807) is 0 Å². The van der Waals surface area contributed by atoms with Gasteiger partial charge in [0.15, 0.2) is 16.6 Å². The van der Waals surface area contributed by atoms with Crippen molar-refractivity contribution in [1.29, 1.82) is 0 Å². The molecule has 5 heteroatoms.